The second kappa shape index (κ2) is 9.22. The molecule has 0 saturated carbocycles. The number of piperidine rings is 1. The minimum absolute atomic E-state index is 0.0900. The first-order valence-electron chi connectivity index (χ1n) is 10.1. The van der Waals surface area contributed by atoms with Crippen LogP contribution in [0, 0.1) is 0 Å². The molecule has 2 heterocycles. The SMILES string of the molecule is CC(=O)N1CCN(C(=O)CN(C)Cc2ccc(N3CCCCC3)cc2)CC1. The van der Waals surface area contributed by atoms with Crippen molar-refractivity contribution in [2.75, 3.05) is 57.8 Å². The van der Waals surface area contributed by atoms with Crippen molar-refractivity contribution >= 4 is 17.5 Å². The maximum absolute atomic E-state index is 12.5. The molecule has 2 aliphatic heterocycles. The van der Waals surface area contributed by atoms with Crippen LogP contribution in [0.2, 0.25) is 0 Å². The van der Waals surface area contributed by atoms with Gasteiger partial charge >= 0.3 is 0 Å². The molecule has 2 aliphatic rings. The number of anilines is 1. The third kappa shape index (κ3) is 5.45. The number of carbonyl (C=O) groups excluding carboxylic acids is 2. The molecule has 0 N–H and O–H groups in total. The van der Waals surface area contributed by atoms with E-state index in [-0.39, 0.29) is 11.8 Å². The fourth-order valence-electron chi connectivity index (χ4n) is 3.93. The summed E-state index contributed by atoms with van der Waals surface area (Å²) in [6.45, 7) is 7.63. The van der Waals surface area contributed by atoms with Crippen LogP contribution in [-0.4, -0.2) is 79.4 Å². The molecular weight excluding hydrogens is 340 g/mol. The number of carbonyl (C=O) groups is 2. The molecule has 0 aromatic heterocycles. The second-order valence-corrected chi connectivity index (χ2v) is 7.77. The van der Waals surface area contributed by atoms with Gasteiger partial charge in [0, 0.05) is 58.4 Å². The lowest BCUT2D eigenvalue weighted by atomic mass is 10.1. The van der Waals surface area contributed by atoms with Crippen molar-refractivity contribution in [3.8, 4) is 0 Å². The van der Waals surface area contributed by atoms with Crippen LogP contribution >= 0.6 is 0 Å². The third-order valence-corrected chi connectivity index (χ3v) is 5.59. The highest BCUT2D eigenvalue weighted by Gasteiger charge is 2.23. The Kier molecular flexibility index (Phi) is 6.72. The van der Waals surface area contributed by atoms with E-state index < -0.39 is 0 Å². The van der Waals surface area contributed by atoms with Gasteiger partial charge in [-0.1, -0.05) is 12.1 Å². The average Bonchev–Trinajstić information content (AvgIpc) is 2.69. The molecule has 3 rings (SSSR count). The van der Waals surface area contributed by atoms with Crippen molar-refractivity contribution < 1.29 is 9.59 Å². The maximum atomic E-state index is 12.5. The van der Waals surface area contributed by atoms with Crippen molar-refractivity contribution in [3.05, 3.63) is 29.8 Å². The van der Waals surface area contributed by atoms with Crippen LogP contribution in [0.1, 0.15) is 31.7 Å². The highest BCUT2D eigenvalue weighted by atomic mass is 16.2. The zero-order chi connectivity index (χ0) is 19.2. The molecule has 1 aromatic rings. The Morgan fingerprint density at radius 1 is 0.889 bits per heavy atom. The second-order valence-electron chi connectivity index (χ2n) is 7.77. The van der Waals surface area contributed by atoms with Gasteiger partial charge in [-0.2, -0.15) is 0 Å². The summed E-state index contributed by atoms with van der Waals surface area (Å²) in [7, 11) is 1.99. The molecule has 0 spiro atoms. The number of amides is 2. The van der Waals surface area contributed by atoms with E-state index in [1.54, 1.807) is 11.8 Å². The Morgan fingerprint density at radius 2 is 1.48 bits per heavy atom. The number of benzene rings is 1. The lowest BCUT2D eigenvalue weighted by Crippen LogP contribution is -2.51. The van der Waals surface area contributed by atoms with Crippen LogP contribution in [0.3, 0.4) is 0 Å². The predicted molar refractivity (Wildman–Crippen MR) is 108 cm³/mol. The van der Waals surface area contributed by atoms with E-state index in [1.807, 2.05) is 11.9 Å². The summed E-state index contributed by atoms with van der Waals surface area (Å²) in [6, 6.07) is 8.77. The Morgan fingerprint density at radius 3 is 2.07 bits per heavy atom. The molecule has 6 heteroatoms. The molecule has 2 amide bonds. The van der Waals surface area contributed by atoms with Crippen LogP contribution < -0.4 is 4.90 Å². The first kappa shape index (κ1) is 19.7. The fourth-order valence-corrected chi connectivity index (χ4v) is 3.93. The number of hydrogen-bond acceptors (Lipinski definition) is 4. The van der Waals surface area contributed by atoms with Gasteiger partial charge in [0.1, 0.15) is 0 Å². The summed E-state index contributed by atoms with van der Waals surface area (Å²) in [4.78, 5) is 32.1. The fraction of sp³-hybridized carbons (Fsp3) is 0.619. The lowest BCUT2D eigenvalue weighted by Gasteiger charge is -2.35. The van der Waals surface area contributed by atoms with Gasteiger partial charge in [0.25, 0.3) is 0 Å². The van der Waals surface area contributed by atoms with Crippen molar-refractivity contribution in [3.63, 3.8) is 0 Å². The monoisotopic (exact) mass is 372 g/mol. The molecule has 0 radical (unpaired) electrons. The summed E-state index contributed by atoms with van der Waals surface area (Å²) in [6.07, 6.45) is 3.91. The van der Waals surface area contributed by atoms with Crippen molar-refractivity contribution in [2.24, 2.45) is 0 Å². The van der Waals surface area contributed by atoms with E-state index in [4.69, 9.17) is 0 Å². The maximum Gasteiger partial charge on any atom is 0.236 e. The van der Waals surface area contributed by atoms with Gasteiger partial charge in [0.2, 0.25) is 11.8 Å². The molecule has 2 saturated heterocycles. The molecule has 2 fully saturated rings. The minimum atomic E-state index is 0.0900. The Bertz CT molecular complexity index is 632. The number of piperazine rings is 1. The van der Waals surface area contributed by atoms with Crippen LogP contribution in [-0.2, 0) is 16.1 Å². The normalized spacial score (nSPS) is 18.1. The molecule has 0 unspecified atom stereocenters. The van der Waals surface area contributed by atoms with Crippen molar-refractivity contribution in [1.29, 1.82) is 0 Å². The smallest absolute Gasteiger partial charge is 0.236 e. The van der Waals surface area contributed by atoms with Crippen LogP contribution in [0.5, 0.6) is 0 Å². The molecule has 1 aromatic carbocycles. The largest absolute Gasteiger partial charge is 0.372 e. The molecule has 0 bridgehead atoms. The Hall–Kier alpha value is -2.08. The number of hydrogen-bond donors (Lipinski definition) is 0. The molecular formula is C21H32N4O2. The van der Waals surface area contributed by atoms with Crippen LogP contribution in [0.4, 0.5) is 5.69 Å². The topological polar surface area (TPSA) is 47.1 Å². The van der Waals surface area contributed by atoms with E-state index in [0.29, 0.717) is 32.7 Å². The number of rotatable bonds is 5. The van der Waals surface area contributed by atoms with Gasteiger partial charge in [0.15, 0.2) is 0 Å². The van der Waals surface area contributed by atoms with Gasteiger partial charge in [0.05, 0.1) is 6.54 Å². The zero-order valence-corrected chi connectivity index (χ0v) is 16.7. The van der Waals surface area contributed by atoms with Crippen LogP contribution in [0.25, 0.3) is 0 Å². The van der Waals surface area contributed by atoms with Gasteiger partial charge in [-0.3, -0.25) is 14.5 Å². The van der Waals surface area contributed by atoms with E-state index in [9.17, 15) is 9.59 Å². The Labute approximate surface area is 162 Å². The van der Waals surface area contributed by atoms with E-state index in [2.05, 4.69) is 34.1 Å². The van der Waals surface area contributed by atoms with Gasteiger partial charge in [-0.15, -0.1) is 0 Å². The summed E-state index contributed by atoms with van der Waals surface area (Å²) in [5.41, 5.74) is 2.54. The summed E-state index contributed by atoms with van der Waals surface area (Å²) in [5.74, 6) is 0.234. The van der Waals surface area contributed by atoms with Crippen molar-refractivity contribution in [2.45, 2.75) is 32.7 Å². The van der Waals surface area contributed by atoms with Gasteiger partial charge < -0.3 is 14.7 Å². The first-order chi connectivity index (χ1) is 13.0. The average molecular weight is 373 g/mol. The molecule has 27 heavy (non-hydrogen) atoms. The van der Waals surface area contributed by atoms with E-state index in [0.717, 1.165) is 19.6 Å². The zero-order valence-electron chi connectivity index (χ0n) is 16.7. The minimum Gasteiger partial charge on any atom is -0.372 e. The van der Waals surface area contributed by atoms with Gasteiger partial charge in [-0.05, 0) is 44.0 Å². The van der Waals surface area contributed by atoms with E-state index >= 15 is 0 Å². The summed E-state index contributed by atoms with van der Waals surface area (Å²) in [5, 5.41) is 0. The molecule has 148 valence electrons. The standard InChI is InChI=1S/C21H32N4O2/c1-18(26)23-12-14-25(15-13-23)21(27)17-22(2)16-19-6-8-20(9-7-19)24-10-4-3-5-11-24/h6-9H,3-5,10-17H2,1-2H3. The summed E-state index contributed by atoms with van der Waals surface area (Å²) < 4.78 is 0. The molecule has 6 nitrogen and oxygen atoms in total. The molecule has 0 aliphatic carbocycles. The Balaban J connectivity index is 1.45. The highest BCUT2D eigenvalue weighted by molar-refractivity contribution is 5.79. The third-order valence-electron chi connectivity index (χ3n) is 5.59. The van der Waals surface area contributed by atoms with Crippen molar-refractivity contribution in [1.82, 2.24) is 14.7 Å². The molecule has 0 atom stereocenters. The predicted octanol–water partition coefficient (Wildman–Crippen LogP) is 1.80. The van der Waals surface area contributed by atoms with Crippen LogP contribution in [0.15, 0.2) is 24.3 Å². The highest BCUT2D eigenvalue weighted by Crippen LogP contribution is 2.20. The first-order valence-corrected chi connectivity index (χ1v) is 10.1. The number of nitrogens with zero attached hydrogens (tertiary/aromatic N) is 4. The summed E-state index contributed by atoms with van der Waals surface area (Å²) >= 11 is 0. The number of likely N-dealkylation sites (N-methyl/N-ethyl adjacent to an activating group) is 1. The quantitative estimate of drug-likeness (QED) is 0.791. The van der Waals surface area contributed by atoms with Gasteiger partial charge in [-0.25, -0.2) is 0 Å². The van der Waals surface area contributed by atoms with E-state index in [1.165, 1.54) is 30.5 Å². The lowest BCUT2D eigenvalue weighted by molar-refractivity contribution is -0.139.